The minimum atomic E-state index is -3.53. The van der Waals surface area contributed by atoms with Crippen LogP contribution in [0.15, 0.2) is 29.2 Å². The molecule has 21 heavy (non-hydrogen) atoms. The van der Waals surface area contributed by atoms with Crippen LogP contribution in [0.25, 0.3) is 0 Å². The van der Waals surface area contributed by atoms with Crippen molar-refractivity contribution in [2.24, 2.45) is 5.92 Å². The summed E-state index contributed by atoms with van der Waals surface area (Å²) in [5, 5.41) is 3.01. The second-order valence-corrected chi connectivity index (χ2v) is 7.02. The van der Waals surface area contributed by atoms with Crippen LogP contribution in [-0.4, -0.2) is 34.7 Å². The summed E-state index contributed by atoms with van der Waals surface area (Å²) in [4.78, 5) is 0.289. The van der Waals surface area contributed by atoms with E-state index < -0.39 is 10.0 Å². The van der Waals surface area contributed by atoms with Crippen molar-refractivity contribution < 1.29 is 13.2 Å². The molecule has 0 aromatic heterocycles. The SMILES string of the molecule is CCOCC(NS(=O)(=O)c1cccc(CNC)c1)C(C)C. The Bertz CT molecular complexity index is 529. The Morgan fingerprint density at radius 3 is 2.57 bits per heavy atom. The molecule has 0 aliphatic rings. The van der Waals surface area contributed by atoms with E-state index in [0.717, 1.165) is 5.56 Å². The molecule has 1 aromatic rings. The number of rotatable bonds is 9. The highest BCUT2D eigenvalue weighted by Crippen LogP contribution is 2.14. The molecule has 0 heterocycles. The van der Waals surface area contributed by atoms with Gasteiger partial charge in [0.2, 0.25) is 10.0 Å². The molecule has 0 saturated carbocycles. The van der Waals surface area contributed by atoms with Gasteiger partial charge >= 0.3 is 0 Å². The lowest BCUT2D eigenvalue weighted by molar-refractivity contribution is 0.116. The third kappa shape index (κ3) is 5.74. The van der Waals surface area contributed by atoms with Crippen molar-refractivity contribution in [3.63, 3.8) is 0 Å². The van der Waals surface area contributed by atoms with Gasteiger partial charge in [-0.25, -0.2) is 13.1 Å². The standard InChI is InChI=1S/C15H26N2O3S/c1-5-20-11-15(12(2)3)17-21(18,19)14-8-6-7-13(9-14)10-16-4/h6-9,12,15-17H,5,10-11H2,1-4H3. The number of nitrogens with one attached hydrogen (secondary N) is 2. The van der Waals surface area contributed by atoms with Crippen LogP contribution in [0.3, 0.4) is 0 Å². The van der Waals surface area contributed by atoms with Crippen molar-refractivity contribution in [1.29, 1.82) is 0 Å². The first-order valence-corrected chi connectivity index (χ1v) is 8.72. The van der Waals surface area contributed by atoms with Crippen LogP contribution in [0.5, 0.6) is 0 Å². The van der Waals surface area contributed by atoms with Gasteiger partial charge in [-0.3, -0.25) is 0 Å². The van der Waals surface area contributed by atoms with Gasteiger partial charge in [-0.05, 0) is 37.6 Å². The molecule has 0 fully saturated rings. The molecule has 1 atom stereocenters. The van der Waals surface area contributed by atoms with Crippen molar-refractivity contribution in [3.8, 4) is 0 Å². The van der Waals surface area contributed by atoms with E-state index in [9.17, 15) is 8.42 Å². The van der Waals surface area contributed by atoms with Crippen molar-refractivity contribution in [2.75, 3.05) is 20.3 Å². The summed E-state index contributed by atoms with van der Waals surface area (Å²) in [6.07, 6.45) is 0. The van der Waals surface area contributed by atoms with Gasteiger partial charge < -0.3 is 10.1 Å². The van der Waals surface area contributed by atoms with Gasteiger partial charge in [-0.15, -0.1) is 0 Å². The topological polar surface area (TPSA) is 67.4 Å². The third-order valence-electron chi connectivity index (χ3n) is 3.20. The molecule has 0 spiro atoms. The molecular formula is C15H26N2O3S. The van der Waals surface area contributed by atoms with E-state index in [1.807, 2.05) is 33.9 Å². The van der Waals surface area contributed by atoms with Crippen LogP contribution in [0.1, 0.15) is 26.3 Å². The van der Waals surface area contributed by atoms with Gasteiger partial charge in [-0.1, -0.05) is 26.0 Å². The highest BCUT2D eigenvalue weighted by molar-refractivity contribution is 7.89. The molecule has 2 N–H and O–H groups in total. The molecule has 0 aliphatic carbocycles. The first kappa shape index (κ1) is 18.1. The van der Waals surface area contributed by atoms with E-state index >= 15 is 0 Å². The number of sulfonamides is 1. The Morgan fingerprint density at radius 1 is 1.29 bits per heavy atom. The maximum atomic E-state index is 12.5. The van der Waals surface area contributed by atoms with Crippen LogP contribution in [0.4, 0.5) is 0 Å². The minimum absolute atomic E-state index is 0.159. The summed E-state index contributed by atoms with van der Waals surface area (Å²) in [6.45, 7) is 7.43. The van der Waals surface area contributed by atoms with E-state index in [1.54, 1.807) is 18.2 Å². The van der Waals surface area contributed by atoms with Gasteiger partial charge in [0, 0.05) is 19.2 Å². The Morgan fingerprint density at radius 2 is 2.00 bits per heavy atom. The fourth-order valence-corrected chi connectivity index (χ4v) is 3.34. The molecule has 0 radical (unpaired) electrons. The largest absolute Gasteiger partial charge is 0.380 e. The average molecular weight is 314 g/mol. The lowest BCUT2D eigenvalue weighted by atomic mass is 10.1. The zero-order chi connectivity index (χ0) is 15.9. The van der Waals surface area contributed by atoms with Crippen LogP contribution >= 0.6 is 0 Å². The van der Waals surface area contributed by atoms with E-state index in [2.05, 4.69) is 10.0 Å². The van der Waals surface area contributed by atoms with E-state index in [4.69, 9.17) is 4.74 Å². The van der Waals surface area contributed by atoms with Crippen LogP contribution in [0.2, 0.25) is 0 Å². The van der Waals surface area contributed by atoms with Crippen LogP contribution < -0.4 is 10.0 Å². The predicted molar refractivity (Wildman–Crippen MR) is 84.6 cm³/mol. The lowest BCUT2D eigenvalue weighted by Crippen LogP contribution is -2.41. The van der Waals surface area contributed by atoms with Crippen molar-refractivity contribution in [3.05, 3.63) is 29.8 Å². The predicted octanol–water partition coefficient (Wildman–Crippen LogP) is 1.75. The molecule has 120 valence electrons. The maximum absolute atomic E-state index is 12.5. The summed E-state index contributed by atoms with van der Waals surface area (Å²) in [7, 11) is -1.70. The van der Waals surface area contributed by atoms with Gasteiger partial charge in [0.15, 0.2) is 0 Å². The number of benzene rings is 1. The molecule has 1 rings (SSSR count). The summed E-state index contributed by atoms with van der Waals surface area (Å²) in [5.74, 6) is 0.159. The first-order valence-electron chi connectivity index (χ1n) is 7.24. The highest BCUT2D eigenvalue weighted by atomic mass is 32.2. The maximum Gasteiger partial charge on any atom is 0.240 e. The second kappa shape index (κ2) is 8.48. The quantitative estimate of drug-likeness (QED) is 0.729. The van der Waals surface area contributed by atoms with E-state index in [1.165, 1.54) is 0 Å². The molecule has 1 unspecified atom stereocenters. The average Bonchev–Trinajstić information content (AvgIpc) is 2.44. The summed E-state index contributed by atoms with van der Waals surface area (Å²) in [6, 6.07) is 6.73. The Balaban J connectivity index is 2.90. The summed E-state index contributed by atoms with van der Waals surface area (Å²) < 4.78 is 33.1. The molecular weight excluding hydrogens is 288 g/mol. The van der Waals surface area contributed by atoms with Gasteiger partial charge in [0.1, 0.15) is 0 Å². The number of hydrogen-bond donors (Lipinski definition) is 2. The second-order valence-electron chi connectivity index (χ2n) is 5.31. The summed E-state index contributed by atoms with van der Waals surface area (Å²) >= 11 is 0. The van der Waals surface area contributed by atoms with E-state index in [-0.39, 0.29) is 16.9 Å². The summed E-state index contributed by atoms with van der Waals surface area (Å²) in [5.41, 5.74) is 0.936. The Labute approximate surface area is 128 Å². The normalized spacial score (nSPS) is 13.6. The van der Waals surface area contributed by atoms with Gasteiger partial charge in [0.05, 0.1) is 11.5 Å². The Hall–Kier alpha value is -0.950. The first-order chi connectivity index (χ1) is 9.90. The molecule has 0 saturated heterocycles. The molecule has 0 bridgehead atoms. The number of ether oxygens (including phenoxy) is 1. The minimum Gasteiger partial charge on any atom is -0.380 e. The molecule has 0 amide bonds. The molecule has 1 aromatic carbocycles. The monoisotopic (exact) mass is 314 g/mol. The third-order valence-corrected chi connectivity index (χ3v) is 4.69. The molecule has 0 aliphatic heterocycles. The zero-order valence-electron chi connectivity index (χ0n) is 13.2. The van der Waals surface area contributed by atoms with Crippen molar-refractivity contribution in [2.45, 2.75) is 38.3 Å². The Kier molecular flexibility index (Phi) is 7.31. The smallest absolute Gasteiger partial charge is 0.240 e. The molecule has 5 nitrogen and oxygen atoms in total. The van der Waals surface area contributed by atoms with Crippen molar-refractivity contribution >= 4 is 10.0 Å². The fraction of sp³-hybridized carbons (Fsp3) is 0.600. The zero-order valence-corrected chi connectivity index (χ0v) is 14.0. The van der Waals surface area contributed by atoms with Crippen LogP contribution in [-0.2, 0) is 21.3 Å². The lowest BCUT2D eigenvalue weighted by Gasteiger charge is -2.22. The van der Waals surface area contributed by atoms with Crippen molar-refractivity contribution in [1.82, 2.24) is 10.0 Å². The van der Waals surface area contributed by atoms with Crippen LogP contribution in [0, 0.1) is 5.92 Å². The van der Waals surface area contributed by atoms with E-state index in [0.29, 0.717) is 19.8 Å². The van der Waals surface area contributed by atoms with Gasteiger partial charge in [-0.2, -0.15) is 0 Å². The van der Waals surface area contributed by atoms with Gasteiger partial charge in [0.25, 0.3) is 0 Å². The fourth-order valence-electron chi connectivity index (χ4n) is 1.90. The molecule has 6 heteroatoms. The highest BCUT2D eigenvalue weighted by Gasteiger charge is 2.22. The number of hydrogen-bond acceptors (Lipinski definition) is 4.